The van der Waals surface area contributed by atoms with Gasteiger partial charge in [0.1, 0.15) is 5.52 Å². The van der Waals surface area contributed by atoms with Crippen LogP contribution in [-0.2, 0) is 14.6 Å². The average Bonchev–Trinajstić information content (AvgIpc) is 3.09. The maximum absolute atomic E-state index is 12.2. The minimum absolute atomic E-state index is 0.000723. The lowest BCUT2D eigenvalue weighted by Gasteiger charge is -2.04. The van der Waals surface area contributed by atoms with Crippen molar-refractivity contribution in [2.45, 2.75) is 17.7 Å². The Morgan fingerprint density at radius 2 is 2.00 bits per heavy atom. The third-order valence-corrected chi connectivity index (χ3v) is 6.78. The van der Waals surface area contributed by atoms with Crippen molar-refractivity contribution in [3.05, 3.63) is 52.6 Å². The molecule has 0 unspecified atom stereocenters. The van der Waals surface area contributed by atoms with E-state index in [0.717, 1.165) is 11.3 Å². The highest BCUT2D eigenvalue weighted by molar-refractivity contribution is 7.91. The predicted molar refractivity (Wildman–Crippen MR) is 109 cm³/mol. The molecule has 11 heteroatoms. The predicted octanol–water partition coefficient (Wildman–Crippen LogP) is 3.41. The number of methoxy groups -OCH3 is 1. The van der Waals surface area contributed by atoms with Crippen molar-refractivity contribution < 1.29 is 22.9 Å². The lowest BCUT2D eigenvalue weighted by Crippen LogP contribution is -2.14. The molecule has 0 radical (unpaired) electrons. The average molecular weight is 435 g/mol. The van der Waals surface area contributed by atoms with E-state index in [1.165, 1.54) is 31.4 Å². The van der Waals surface area contributed by atoms with Gasteiger partial charge in [-0.15, -0.1) is 0 Å². The maximum Gasteiger partial charge on any atom is 0.274 e. The number of benzene rings is 2. The molecule has 0 aliphatic heterocycles. The van der Waals surface area contributed by atoms with E-state index in [1.807, 2.05) is 0 Å². The largest absolute Gasteiger partial charge is 0.494 e. The van der Waals surface area contributed by atoms with Crippen LogP contribution in [0.5, 0.6) is 5.75 Å². The van der Waals surface area contributed by atoms with Gasteiger partial charge in [-0.2, -0.15) is 0 Å². The number of nitro groups is 1. The Morgan fingerprint density at radius 1 is 1.28 bits per heavy atom. The number of nitro benzene ring substituents is 1. The Morgan fingerprint density at radius 3 is 2.66 bits per heavy atom. The van der Waals surface area contributed by atoms with Crippen LogP contribution in [0.4, 0.5) is 10.8 Å². The van der Waals surface area contributed by atoms with Crippen LogP contribution in [0.1, 0.15) is 12.8 Å². The fraction of sp³-hybridized carbons (Fsp3) is 0.222. The topological polar surface area (TPSA) is 128 Å². The number of hydrogen-bond acceptors (Lipinski definition) is 8. The molecule has 0 saturated carbocycles. The van der Waals surface area contributed by atoms with Gasteiger partial charge in [0.25, 0.3) is 5.69 Å². The number of aromatic nitrogens is 1. The molecule has 0 aliphatic rings. The van der Waals surface area contributed by atoms with Crippen molar-refractivity contribution in [1.29, 1.82) is 0 Å². The van der Waals surface area contributed by atoms with Crippen molar-refractivity contribution in [1.82, 2.24) is 4.98 Å². The Hall–Kier alpha value is -3.05. The van der Waals surface area contributed by atoms with Crippen molar-refractivity contribution >= 4 is 48.1 Å². The third kappa shape index (κ3) is 4.87. The van der Waals surface area contributed by atoms with Crippen LogP contribution in [0.2, 0.25) is 0 Å². The summed E-state index contributed by atoms with van der Waals surface area (Å²) < 4.78 is 30.1. The minimum atomic E-state index is -3.44. The number of rotatable bonds is 8. The summed E-state index contributed by atoms with van der Waals surface area (Å²) in [5, 5.41) is 13.9. The molecule has 1 heterocycles. The molecular formula is C18H17N3O6S2. The van der Waals surface area contributed by atoms with Crippen LogP contribution < -0.4 is 10.1 Å². The highest BCUT2D eigenvalue weighted by Crippen LogP contribution is 2.36. The second kappa shape index (κ2) is 8.53. The number of anilines is 1. The summed E-state index contributed by atoms with van der Waals surface area (Å²) in [6.45, 7) is 0. The molecular weight excluding hydrogens is 418 g/mol. The fourth-order valence-electron chi connectivity index (χ4n) is 2.65. The molecule has 0 bridgehead atoms. The van der Waals surface area contributed by atoms with Gasteiger partial charge in [-0.25, -0.2) is 13.4 Å². The number of hydrogen-bond donors (Lipinski definition) is 1. The standard InChI is InChI=1S/C18H17N3O6S2/c1-27-14-10-12(21(23)24)11-15-17(14)20-18(28-15)19-16(22)8-5-9-29(25,26)13-6-3-2-4-7-13/h2-4,6-7,10-11H,5,8-9H2,1H3,(H,19,20,22). The summed E-state index contributed by atoms with van der Waals surface area (Å²) in [6.07, 6.45) is 0.155. The van der Waals surface area contributed by atoms with Gasteiger partial charge in [-0.1, -0.05) is 29.5 Å². The van der Waals surface area contributed by atoms with Gasteiger partial charge in [0, 0.05) is 12.5 Å². The van der Waals surface area contributed by atoms with Crippen LogP contribution in [0.15, 0.2) is 47.4 Å². The van der Waals surface area contributed by atoms with Crippen LogP contribution in [0.3, 0.4) is 0 Å². The lowest BCUT2D eigenvalue weighted by molar-refractivity contribution is -0.384. The van der Waals surface area contributed by atoms with E-state index in [2.05, 4.69) is 10.3 Å². The molecule has 2 aromatic carbocycles. The lowest BCUT2D eigenvalue weighted by atomic mass is 10.3. The summed E-state index contributed by atoms with van der Waals surface area (Å²) in [7, 11) is -2.07. The van der Waals surface area contributed by atoms with E-state index in [9.17, 15) is 23.3 Å². The van der Waals surface area contributed by atoms with Crippen LogP contribution in [-0.4, -0.2) is 37.1 Å². The quantitative estimate of drug-likeness (QED) is 0.424. The molecule has 29 heavy (non-hydrogen) atoms. The second-order valence-electron chi connectivity index (χ2n) is 6.05. The van der Waals surface area contributed by atoms with E-state index in [4.69, 9.17) is 4.74 Å². The highest BCUT2D eigenvalue weighted by atomic mass is 32.2. The SMILES string of the molecule is COc1cc([N+](=O)[O-])cc2sc(NC(=O)CCCS(=O)(=O)c3ccccc3)nc12. The summed E-state index contributed by atoms with van der Waals surface area (Å²) in [6, 6.07) is 10.7. The molecule has 9 nitrogen and oxygen atoms in total. The number of fused-ring (bicyclic) bond motifs is 1. The number of nitrogens with one attached hydrogen (secondary N) is 1. The normalized spacial score (nSPS) is 11.3. The van der Waals surface area contributed by atoms with E-state index < -0.39 is 14.8 Å². The molecule has 0 aliphatic carbocycles. The molecule has 3 rings (SSSR count). The molecule has 1 N–H and O–H groups in total. The van der Waals surface area contributed by atoms with Crippen LogP contribution in [0, 0.1) is 10.1 Å². The minimum Gasteiger partial charge on any atom is -0.494 e. The fourth-order valence-corrected chi connectivity index (χ4v) is 4.91. The summed E-state index contributed by atoms with van der Waals surface area (Å²) >= 11 is 1.08. The molecule has 0 saturated heterocycles. The molecule has 152 valence electrons. The van der Waals surface area contributed by atoms with Gasteiger partial charge < -0.3 is 10.1 Å². The Labute approximate surface area is 170 Å². The van der Waals surface area contributed by atoms with Crippen molar-refractivity contribution in [3.8, 4) is 5.75 Å². The summed E-state index contributed by atoms with van der Waals surface area (Å²) in [4.78, 5) is 27.1. The maximum atomic E-state index is 12.2. The number of nitrogens with zero attached hydrogens (tertiary/aromatic N) is 2. The summed E-state index contributed by atoms with van der Waals surface area (Å²) in [5.41, 5.74) is 0.270. The van der Waals surface area contributed by atoms with Gasteiger partial charge in [0.15, 0.2) is 20.7 Å². The zero-order valence-electron chi connectivity index (χ0n) is 15.3. The molecule has 3 aromatic rings. The van der Waals surface area contributed by atoms with Gasteiger partial charge >= 0.3 is 0 Å². The first kappa shape index (κ1) is 20.7. The number of amides is 1. The smallest absolute Gasteiger partial charge is 0.274 e. The van der Waals surface area contributed by atoms with E-state index >= 15 is 0 Å². The van der Waals surface area contributed by atoms with E-state index in [-0.39, 0.29) is 46.0 Å². The van der Waals surface area contributed by atoms with Crippen molar-refractivity contribution in [2.24, 2.45) is 0 Å². The first-order chi connectivity index (χ1) is 13.8. The number of carbonyl (C=O) groups is 1. The number of carbonyl (C=O) groups excluding carboxylic acids is 1. The van der Waals surface area contributed by atoms with Gasteiger partial charge in [0.05, 0.1) is 33.4 Å². The number of sulfone groups is 1. The molecule has 1 amide bonds. The van der Waals surface area contributed by atoms with Crippen molar-refractivity contribution in [3.63, 3.8) is 0 Å². The zero-order chi connectivity index (χ0) is 21.0. The van der Waals surface area contributed by atoms with E-state index in [0.29, 0.717) is 10.2 Å². The Balaban J connectivity index is 1.65. The van der Waals surface area contributed by atoms with Crippen LogP contribution >= 0.6 is 11.3 Å². The number of thiazole rings is 1. The highest BCUT2D eigenvalue weighted by Gasteiger charge is 2.18. The van der Waals surface area contributed by atoms with Gasteiger partial charge in [-0.05, 0) is 18.6 Å². The first-order valence-electron chi connectivity index (χ1n) is 8.51. The number of non-ortho nitro benzene ring substituents is 1. The monoisotopic (exact) mass is 435 g/mol. The Bertz CT molecular complexity index is 1160. The number of ether oxygens (including phenoxy) is 1. The zero-order valence-corrected chi connectivity index (χ0v) is 17.0. The third-order valence-electron chi connectivity index (χ3n) is 4.04. The van der Waals surface area contributed by atoms with Gasteiger partial charge in [0.2, 0.25) is 5.91 Å². The van der Waals surface area contributed by atoms with Crippen LogP contribution in [0.25, 0.3) is 10.2 Å². The first-order valence-corrected chi connectivity index (χ1v) is 11.0. The molecule has 1 aromatic heterocycles. The summed E-state index contributed by atoms with van der Waals surface area (Å²) in [5.74, 6) is -0.301. The van der Waals surface area contributed by atoms with Crippen molar-refractivity contribution in [2.75, 3.05) is 18.2 Å². The molecule has 0 atom stereocenters. The van der Waals surface area contributed by atoms with Gasteiger partial charge in [-0.3, -0.25) is 14.9 Å². The van der Waals surface area contributed by atoms with E-state index in [1.54, 1.807) is 18.2 Å². The second-order valence-corrected chi connectivity index (χ2v) is 9.19. The Kier molecular flexibility index (Phi) is 6.09. The molecule has 0 spiro atoms. The molecule has 0 fully saturated rings.